The first-order valence-corrected chi connectivity index (χ1v) is 9.66. The lowest BCUT2D eigenvalue weighted by Gasteiger charge is -2.28. The average molecular weight is 413 g/mol. The van der Waals surface area contributed by atoms with Gasteiger partial charge in [0.2, 0.25) is 0 Å². The van der Waals surface area contributed by atoms with Gasteiger partial charge in [-0.1, -0.05) is 11.8 Å². The van der Waals surface area contributed by atoms with E-state index in [0.29, 0.717) is 12.1 Å². The van der Waals surface area contributed by atoms with Crippen LogP contribution in [0.25, 0.3) is 0 Å². The summed E-state index contributed by atoms with van der Waals surface area (Å²) in [6.07, 6.45) is 0.971. The molecular formula is C22H27N3O5. The van der Waals surface area contributed by atoms with E-state index < -0.39 is 23.5 Å². The summed E-state index contributed by atoms with van der Waals surface area (Å²) in [6.45, 7) is 5.31. The highest BCUT2D eigenvalue weighted by molar-refractivity contribution is 5.97. The Balaban J connectivity index is 1.96. The number of carbonyl (C=O) groups excluding carboxylic acids is 2. The maximum absolute atomic E-state index is 12.4. The molecule has 2 amide bonds. The Bertz CT molecular complexity index is 868. The van der Waals surface area contributed by atoms with Crippen molar-refractivity contribution in [3.05, 3.63) is 35.4 Å². The largest absolute Gasteiger partial charge is 0.395 e. The predicted octanol–water partition coefficient (Wildman–Crippen LogP) is -0.270. The first-order chi connectivity index (χ1) is 14.2. The van der Waals surface area contributed by atoms with Crippen LogP contribution in [-0.4, -0.2) is 70.0 Å². The van der Waals surface area contributed by atoms with Gasteiger partial charge in [0.05, 0.1) is 12.2 Å². The molecule has 8 heteroatoms. The van der Waals surface area contributed by atoms with Crippen LogP contribution in [0.3, 0.4) is 0 Å². The minimum atomic E-state index is -1.57. The van der Waals surface area contributed by atoms with E-state index in [-0.39, 0.29) is 18.1 Å². The van der Waals surface area contributed by atoms with E-state index in [1.54, 1.807) is 24.3 Å². The molecule has 2 atom stereocenters. The van der Waals surface area contributed by atoms with Crippen LogP contribution in [0.2, 0.25) is 0 Å². The Kier molecular flexibility index (Phi) is 8.40. The van der Waals surface area contributed by atoms with Crippen LogP contribution in [0.5, 0.6) is 0 Å². The fraction of sp³-hybridized carbons (Fsp3) is 0.455. The van der Waals surface area contributed by atoms with Crippen molar-refractivity contribution >= 4 is 11.8 Å². The molecule has 1 aromatic carbocycles. The van der Waals surface area contributed by atoms with Gasteiger partial charge in [-0.2, -0.15) is 0 Å². The SMILES string of the molecule is CC(C)(O)[C@H](NC(=O)c1ccc(C#CC#C[C@@H]2CCN(CCO)C2)cc1)C(=O)NO. The minimum absolute atomic E-state index is 0.154. The van der Waals surface area contributed by atoms with Crippen molar-refractivity contribution in [1.82, 2.24) is 15.7 Å². The number of hydrogen-bond donors (Lipinski definition) is 5. The molecular weight excluding hydrogens is 386 g/mol. The number of aliphatic hydroxyl groups excluding tert-OH is 1. The first-order valence-electron chi connectivity index (χ1n) is 9.66. The molecule has 0 aliphatic carbocycles. The second-order valence-electron chi connectivity index (χ2n) is 7.64. The topological polar surface area (TPSA) is 122 Å². The summed E-state index contributed by atoms with van der Waals surface area (Å²) < 4.78 is 0. The fourth-order valence-electron chi connectivity index (χ4n) is 3.08. The highest BCUT2D eigenvalue weighted by Gasteiger charge is 2.34. The van der Waals surface area contributed by atoms with Crippen LogP contribution in [0.15, 0.2) is 24.3 Å². The van der Waals surface area contributed by atoms with E-state index in [2.05, 4.69) is 33.9 Å². The lowest BCUT2D eigenvalue weighted by molar-refractivity contribution is -0.136. The second kappa shape index (κ2) is 10.8. The Hall–Kier alpha value is -2.88. The van der Waals surface area contributed by atoms with Gasteiger partial charge < -0.3 is 15.5 Å². The Morgan fingerprint density at radius 1 is 1.27 bits per heavy atom. The molecule has 0 spiro atoms. The highest BCUT2D eigenvalue weighted by atomic mass is 16.5. The zero-order chi connectivity index (χ0) is 22.1. The molecule has 1 aliphatic rings. The summed E-state index contributed by atoms with van der Waals surface area (Å²) in [5, 5.41) is 30.2. The van der Waals surface area contributed by atoms with E-state index >= 15 is 0 Å². The fourth-order valence-corrected chi connectivity index (χ4v) is 3.08. The molecule has 30 heavy (non-hydrogen) atoms. The quantitative estimate of drug-likeness (QED) is 0.249. The maximum Gasteiger partial charge on any atom is 0.268 e. The molecule has 0 radical (unpaired) electrons. The van der Waals surface area contributed by atoms with Crippen LogP contribution in [0, 0.1) is 29.6 Å². The third-order valence-electron chi connectivity index (χ3n) is 4.74. The molecule has 0 aromatic heterocycles. The number of benzene rings is 1. The van der Waals surface area contributed by atoms with Crippen molar-refractivity contribution in [2.75, 3.05) is 26.2 Å². The van der Waals surface area contributed by atoms with Gasteiger partial charge in [-0.15, -0.1) is 0 Å². The average Bonchev–Trinajstić information content (AvgIpc) is 3.16. The number of carbonyl (C=O) groups is 2. The van der Waals surface area contributed by atoms with Gasteiger partial charge in [0.25, 0.3) is 11.8 Å². The summed E-state index contributed by atoms with van der Waals surface area (Å²) in [4.78, 5) is 26.2. The number of aliphatic hydroxyl groups is 2. The summed E-state index contributed by atoms with van der Waals surface area (Å²) in [5.74, 6) is 10.5. The highest BCUT2D eigenvalue weighted by Crippen LogP contribution is 2.14. The smallest absolute Gasteiger partial charge is 0.268 e. The van der Waals surface area contributed by atoms with Gasteiger partial charge in [-0.05, 0) is 62.9 Å². The Labute approximate surface area is 176 Å². The standard InChI is InChI=1S/C22H27N3O5/c1-22(2,29)19(21(28)24-30)23-20(27)18-9-7-16(8-10-18)5-3-4-6-17-11-12-25(15-17)13-14-26/h7-10,17,19,26,29-30H,11-15H2,1-2H3,(H,23,27)(H,24,28)/t17-,19-/m1/s1. The molecule has 5 N–H and O–H groups in total. The van der Waals surface area contributed by atoms with Crippen molar-refractivity contribution in [1.29, 1.82) is 0 Å². The maximum atomic E-state index is 12.4. The minimum Gasteiger partial charge on any atom is -0.395 e. The summed E-state index contributed by atoms with van der Waals surface area (Å²) in [5.41, 5.74) is 0.829. The van der Waals surface area contributed by atoms with Crippen molar-refractivity contribution in [3.63, 3.8) is 0 Å². The third-order valence-corrected chi connectivity index (χ3v) is 4.74. The number of hydroxylamine groups is 1. The molecule has 1 fully saturated rings. The van der Waals surface area contributed by atoms with Gasteiger partial charge in [0, 0.05) is 30.1 Å². The summed E-state index contributed by atoms with van der Waals surface area (Å²) >= 11 is 0. The molecule has 0 saturated carbocycles. The summed E-state index contributed by atoms with van der Waals surface area (Å²) in [7, 11) is 0. The Morgan fingerprint density at radius 2 is 1.97 bits per heavy atom. The van der Waals surface area contributed by atoms with Crippen LogP contribution >= 0.6 is 0 Å². The van der Waals surface area contributed by atoms with E-state index in [0.717, 1.165) is 19.5 Å². The number of nitrogens with zero attached hydrogens (tertiary/aromatic N) is 1. The van der Waals surface area contributed by atoms with Crippen molar-refractivity contribution in [2.45, 2.75) is 31.9 Å². The molecule has 2 rings (SSSR count). The van der Waals surface area contributed by atoms with Crippen molar-refractivity contribution < 1.29 is 25.0 Å². The molecule has 1 aliphatic heterocycles. The summed E-state index contributed by atoms with van der Waals surface area (Å²) in [6, 6.07) is 5.10. The van der Waals surface area contributed by atoms with Gasteiger partial charge >= 0.3 is 0 Å². The number of likely N-dealkylation sites (tertiary alicyclic amines) is 1. The van der Waals surface area contributed by atoms with Gasteiger partial charge in [-0.25, -0.2) is 5.48 Å². The molecule has 160 valence electrons. The van der Waals surface area contributed by atoms with Gasteiger partial charge in [-0.3, -0.25) is 19.7 Å². The number of nitrogens with one attached hydrogen (secondary N) is 2. The van der Waals surface area contributed by atoms with Gasteiger partial charge in [0.1, 0.15) is 6.04 Å². The first kappa shape index (κ1) is 23.4. The van der Waals surface area contributed by atoms with Crippen molar-refractivity contribution in [3.8, 4) is 23.7 Å². The second-order valence-corrected chi connectivity index (χ2v) is 7.64. The number of amides is 2. The molecule has 0 unspecified atom stereocenters. The van der Waals surface area contributed by atoms with Crippen LogP contribution < -0.4 is 10.8 Å². The zero-order valence-corrected chi connectivity index (χ0v) is 17.1. The third kappa shape index (κ3) is 6.87. The monoisotopic (exact) mass is 413 g/mol. The van der Waals surface area contributed by atoms with Crippen LogP contribution in [0.4, 0.5) is 0 Å². The lowest BCUT2D eigenvalue weighted by atomic mass is 9.97. The molecule has 1 heterocycles. The van der Waals surface area contributed by atoms with Crippen LogP contribution in [-0.2, 0) is 4.79 Å². The predicted molar refractivity (Wildman–Crippen MR) is 110 cm³/mol. The lowest BCUT2D eigenvalue weighted by Crippen LogP contribution is -2.57. The molecule has 0 bridgehead atoms. The van der Waals surface area contributed by atoms with E-state index in [9.17, 15) is 14.7 Å². The zero-order valence-electron chi connectivity index (χ0n) is 17.1. The number of rotatable bonds is 6. The molecule has 8 nitrogen and oxygen atoms in total. The molecule has 1 saturated heterocycles. The van der Waals surface area contributed by atoms with Gasteiger partial charge in [0.15, 0.2) is 0 Å². The van der Waals surface area contributed by atoms with E-state index in [4.69, 9.17) is 10.3 Å². The number of β-amino-alcohol motifs (C(OH)–C–C–N with tert-alkyl or cyclic N) is 1. The Morgan fingerprint density at radius 3 is 2.57 bits per heavy atom. The van der Waals surface area contributed by atoms with Crippen LogP contribution in [0.1, 0.15) is 36.2 Å². The normalized spacial score (nSPS) is 17.2. The van der Waals surface area contributed by atoms with Crippen molar-refractivity contribution in [2.24, 2.45) is 5.92 Å². The molecule has 1 aromatic rings. The van der Waals surface area contributed by atoms with E-state index in [1.165, 1.54) is 19.3 Å². The number of hydrogen-bond acceptors (Lipinski definition) is 6. The van der Waals surface area contributed by atoms with E-state index in [1.807, 2.05) is 0 Å².